The second-order valence-corrected chi connectivity index (χ2v) is 2.61. The Bertz CT molecular complexity index is 161. The van der Waals surface area contributed by atoms with E-state index in [0.29, 0.717) is 6.61 Å². The lowest BCUT2D eigenvalue weighted by molar-refractivity contribution is -0.137. The van der Waals surface area contributed by atoms with Crippen LogP contribution in [0.1, 0.15) is 6.92 Å². The first kappa shape index (κ1) is 14.7. The van der Waals surface area contributed by atoms with Gasteiger partial charge in [0, 0.05) is 11.6 Å². The highest BCUT2D eigenvalue weighted by atomic mass is 35.5. The zero-order chi connectivity index (χ0) is 10.9. The van der Waals surface area contributed by atoms with Crippen LogP contribution in [-0.2, 0) is 9.53 Å². The minimum absolute atomic E-state index is 0.111. The van der Waals surface area contributed by atoms with E-state index in [1.54, 1.807) is 25.9 Å². The van der Waals surface area contributed by atoms with Crippen molar-refractivity contribution >= 4 is 23.0 Å². The molecule has 0 saturated carbocycles. The summed E-state index contributed by atoms with van der Waals surface area (Å²) >= 11 is 4.72. The quantitative estimate of drug-likeness (QED) is 0.706. The van der Waals surface area contributed by atoms with E-state index >= 15 is 0 Å². The van der Waals surface area contributed by atoms with Gasteiger partial charge in [-0.15, -0.1) is 0 Å². The molecule has 78 valence electrons. The number of carbonyl (C=O) groups is 2. The maximum absolute atomic E-state index is 9.77. The van der Waals surface area contributed by atoms with E-state index in [4.69, 9.17) is 16.7 Å². The summed E-state index contributed by atoms with van der Waals surface area (Å²) in [4.78, 5) is 21.0. The Kier molecular flexibility index (Phi) is 10.5. The molecule has 0 saturated heterocycles. The third-order valence-electron chi connectivity index (χ3n) is 0.709. The number of halogens is 1. The van der Waals surface area contributed by atoms with Crippen LogP contribution in [0.4, 0.5) is 4.79 Å². The van der Waals surface area contributed by atoms with Gasteiger partial charge in [-0.1, -0.05) is 0 Å². The van der Waals surface area contributed by atoms with Gasteiger partial charge in [-0.25, -0.2) is 4.79 Å². The summed E-state index contributed by atoms with van der Waals surface area (Å²) in [6.07, 6.45) is 0. The molecule has 0 spiro atoms. The lowest BCUT2D eigenvalue weighted by atomic mass is 10.6. The number of hydrogen-bond donors (Lipinski definition) is 1. The molecule has 0 fully saturated rings. The van der Waals surface area contributed by atoms with Crippen LogP contribution in [-0.4, -0.2) is 48.7 Å². The molecule has 0 atom stereocenters. The zero-order valence-corrected chi connectivity index (χ0v) is 8.67. The summed E-state index contributed by atoms with van der Waals surface area (Å²) in [5.74, 6) is -0.787. The molecule has 0 aliphatic heterocycles. The molecule has 6 heteroatoms. The molecular formula is C7H14ClNO4. The first-order chi connectivity index (χ1) is 5.90. The van der Waals surface area contributed by atoms with Crippen LogP contribution in [0.25, 0.3) is 0 Å². The van der Waals surface area contributed by atoms with Crippen LogP contribution in [0.5, 0.6) is 0 Å². The van der Waals surface area contributed by atoms with Crippen LogP contribution < -0.4 is 0 Å². The normalized spacial score (nSPS) is 8.69. The largest absolute Gasteiger partial charge is 0.480 e. The number of carbonyl (C=O) groups excluding carboxylic acids is 1. The molecule has 0 aliphatic carbocycles. The third-order valence-corrected chi connectivity index (χ3v) is 0.818. The van der Waals surface area contributed by atoms with Gasteiger partial charge in [-0.05, 0) is 21.0 Å². The molecule has 13 heavy (non-hydrogen) atoms. The average molecular weight is 212 g/mol. The summed E-state index contributed by atoms with van der Waals surface area (Å²) in [6, 6.07) is 0. The summed E-state index contributed by atoms with van der Waals surface area (Å²) in [5.41, 5.74) is -0.738. The number of hydrogen-bond acceptors (Lipinski definition) is 4. The number of carboxylic acids is 1. The molecule has 0 aromatic rings. The van der Waals surface area contributed by atoms with Crippen LogP contribution >= 0.6 is 11.6 Å². The highest BCUT2D eigenvalue weighted by Crippen LogP contribution is 1.82. The van der Waals surface area contributed by atoms with E-state index in [2.05, 4.69) is 4.74 Å². The van der Waals surface area contributed by atoms with E-state index in [-0.39, 0.29) is 6.54 Å². The van der Waals surface area contributed by atoms with Gasteiger partial charge in [0.2, 0.25) is 0 Å². The molecule has 0 rings (SSSR count). The van der Waals surface area contributed by atoms with Gasteiger partial charge in [-0.3, -0.25) is 9.69 Å². The Balaban J connectivity index is 0. The van der Waals surface area contributed by atoms with Crippen LogP contribution in [0.3, 0.4) is 0 Å². The van der Waals surface area contributed by atoms with Gasteiger partial charge < -0.3 is 9.84 Å². The molecule has 0 unspecified atom stereocenters. The predicted octanol–water partition coefficient (Wildman–Crippen LogP) is 1.01. The van der Waals surface area contributed by atoms with E-state index in [0.717, 1.165) is 0 Å². The summed E-state index contributed by atoms with van der Waals surface area (Å²) in [6.45, 7) is 2.16. The molecule has 0 aliphatic rings. The zero-order valence-electron chi connectivity index (χ0n) is 7.91. The first-order valence-corrected chi connectivity index (χ1v) is 3.96. The van der Waals surface area contributed by atoms with Gasteiger partial charge in [-0.2, -0.15) is 0 Å². The second-order valence-electron chi connectivity index (χ2n) is 2.30. The number of nitrogens with zero attached hydrogens (tertiary/aromatic N) is 1. The standard InChI is InChI=1S/C4H9NO2.C3H5ClO2/c1-5(2)3-4(6)7;1-2-6-3(4)5/h3H2,1-2H3,(H,6,7);2H2,1H3. The molecular weight excluding hydrogens is 198 g/mol. The highest BCUT2D eigenvalue weighted by Gasteiger charge is 1.94. The van der Waals surface area contributed by atoms with Gasteiger partial charge in [0.05, 0.1) is 13.2 Å². The van der Waals surface area contributed by atoms with Gasteiger partial charge in [0.1, 0.15) is 0 Å². The Labute approximate surface area is 82.2 Å². The van der Waals surface area contributed by atoms with Crippen molar-refractivity contribution in [3.63, 3.8) is 0 Å². The molecule has 0 aromatic heterocycles. The molecule has 1 N–H and O–H groups in total. The smallest absolute Gasteiger partial charge is 0.403 e. The van der Waals surface area contributed by atoms with Crippen molar-refractivity contribution in [1.29, 1.82) is 0 Å². The van der Waals surface area contributed by atoms with Crippen molar-refractivity contribution < 1.29 is 19.4 Å². The SMILES string of the molecule is CCOC(=O)Cl.CN(C)CC(=O)O. The first-order valence-electron chi connectivity index (χ1n) is 3.58. The van der Waals surface area contributed by atoms with Gasteiger partial charge in [0.25, 0.3) is 0 Å². The van der Waals surface area contributed by atoms with Crippen molar-refractivity contribution in [2.75, 3.05) is 27.2 Å². The second kappa shape index (κ2) is 9.28. The van der Waals surface area contributed by atoms with Crippen molar-refractivity contribution in [2.24, 2.45) is 0 Å². The van der Waals surface area contributed by atoms with Gasteiger partial charge >= 0.3 is 11.4 Å². The van der Waals surface area contributed by atoms with E-state index in [9.17, 15) is 9.59 Å². The summed E-state index contributed by atoms with van der Waals surface area (Å²) in [7, 11) is 3.43. The van der Waals surface area contributed by atoms with Crippen LogP contribution in [0.15, 0.2) is 0 Å². The Hall–Kier alpha value is -0.810. The Morgan fingerprint density at radius 1 is 1.46 bits per heavy atom. The molecule has 0 heterocycles. The lowest BCUT2D eigenvalue weighted by Crippen LogP contribution is -2.20. The van der Waals surface area contributed by atoms with Crippen molar-refractivity contribution in [3.05, 3.63) is 0 Å². The Morgan fingerprint density at radius 2 is 1.92 bits per heavy atom. The maximum Gasteiger partial charge on any atom is 0.403 e. The van der Waals surface area contributed by atoms with Gasteiger partial charge in [0.15, 0.2) is 0 Å². The molecule has 0 amide bonds. The minimum atomic E-state index is -0.787. The monoisotopic (exact) mass is 211 g/mol. The molecule has 0 bridgehead atoms. The van der Waals surface area contributed by atoms with E-state index < -0.39 is 11.4 Å². The predicted molar refractivity (Wildman–Crippen MR) is 49.1 cm³/mol. The fourth-order valence-corrected chi connectivity index (χ4v) is 0.493. The minimum Gasteiger partial charge on any atom is -0.480 e. The number of likely N-dealkylation sites (N-methyl/N-ethyl adjacent to an activating group) is 1. The van der Waals surface area contributed by atoms with Crippen molar-refractivity contribution in [2.45, 2.75) is 6.92 Å². The van der Waals surface area contributed by atoms with E-state index in [1.807, 2.05) is 0 Å². The summed E-state index contributed by atoms with van der Waals surface area (Å²) in [5, 5.41) is 8.04. The maximum atomic E-state index is 9.77. The number of carboxylic acid groups (broad SMARTS) is 1. The van der Waals surface area contributed by atoms with Crippen molar-refractivity contribution in [1.82, 2.24) is 4.90 Å². The molecule has 5 nitrogen and oxygen atoms in total. The highest BCUT2D eigenvalue weighted by molar-refractivity contribution is 6.61. The number of aliphatic carboxylic acids is 1. The van der Waals surface area contributed by atoms with E-state index in [1.165, 1.54) is 0 Å². The number of ether oxygens (including phenoxy) is 1. The fourth-order valence-electron chi connectivity index (χ4n) is 0.384. The lowest BCUT2D eigenvalue weighted by Gasteiger charge is -2.01. The fraction of sp³-hybridized carbons (Fsp3) is 0.714. The van der Waals surface area contributed by atoms with Crippen LogP contribution in [0.2, 0.25) is 0 Å². The Morgan fingerprint density at radius 3 is 1.92 bits per heavy atom. The van der Waals surface area contributed by atoms with Crippen LogP contribution in [0, 0.1) is 0 Å². The third kappa shape index (κ3) is 24.7. The number of rotatable bonds is 3. The van der Waals surface area contributed by atoms with Crippen molar-refractivity contribution in [3.8, 4) is 0 Å². The average Bonchev–Trinajstić information content (AvgIpc) is 1.83. The topological polar surface area (TPSA) is 66.8 Å². The molecule has 0 aromatic carbocycles. The summed E-state index contributed by atoms with van der Waals surface area (Å²) < 4.78 is 4.17. The molecule has 0 radical (unpaired) electrons.